The van der Waals surface area contributed by atoms with Crippen LogP contribution in [0.5, 0.6) is 0 Å². The monoisotopic (exact) mass is 234 g/mol. The third-order valence-corrected chi connectivity index (χ3v) is 2.90. The van der Waals surface area contributed by atoms with Crippen molar-refractivity contribution in [1.82, 2.24) is 0 Å². The number of carbonyl (C=O) groups is 1. The molecule has 2 aromatic rings. The average Bonchev–Trinajstić information content (AvgIpc) is 2.71. The first-order chi connectivity index (χ1) is 7.61. The molecule has 16 heavy (non-hydrogen) atoms. The van der Waals surface area contributed by atoms with Crippen LogP contribution in [0.15, 0.2) is 28.7 Å². The Morgan fingerprint density at radius 3 is 2.50 bits per heavy atom. The van der Waals surface area contributed by atoms with Gasteiger partial charge in [-0.15, -0.1) is 0 Å². The Labute approximate surface area is 98.8 Å². The summed E-state index contributed by atoms with van der Waals surface area (Å²) in [5, 5.41) is 0.634. The van der Waals surface area contributed by atoms with E-state index < -0.39 is 0 Å². The SMILES string of the molecule is Cc1cc(Cl)c(-c2ccc(C=O)o2)cc1C. The summed E-state index contributed by atoms with van der Waals surface area (Å²) in [7, 11) is 0. The Morgan fingerprint density at radius 2 is 1.88 bits per heavy atom. The van der Waals surface area contributed by atoms with Crippen molar-refractivity contribution in [2.24, 2.45) is 0 Å². The molecule has 0 aliphatic heterocycles. The Kier molecular flexibility index (Phi) is 2.84. The molecule has 0 radical (unpaired) electrons. The lowest BCUT2D eigenvalue weighted by molar-refractivity contribution is 0.110. The first-order valence-electron chi connectivity index (χ1n) is 4.94. The van der Waals surface area contributed by atoms with E-state index in [1.807, 2.05) is 26.0 Å². The van der Waals surface area contributed by atoms with Crippen molar-refractivity contribution in [2.45, 2.75) is 13.8 Å². The van der Waals surface area contributed by atoms with E-state index in [9.17, 15) is 4.79 Å². The van der Waals surface area contributed by atoms with Crippen molar-refractivity contribution in [3.63, 3.8) is 0 Å². The third-order valence-electron chi connectivity index (χ3n) is 2.59. The molecule has 0 fully saturated rings. The van der Waals surface area contributed by atoms with Crippen LogP contribution in [-0.2, 0) is 0 Å². The normalized spacial score (nSPS) is 10.4. The van der Waals surface area contributed by atoms with E-state index in [1.165, 1.54) is 0 Å². The summed E-state index contributed by atoms with van der Waals surface area (Å²) >= 11 is 6.14. The number of aryl methyl sites for hydroxylation is 2. The molecule has 0 aliphatic rings. The maximum Gasteiger partial charge on any atom is 0.185 e. The van der Waals surface area contributed by atoms with Crippen LogP contribution in [0.1, 0.15) is 21.7 Å². The van der Waals surface area contributed by atoms with Crippen LogP contribution in [-0.4, -0.2) is 6.29 Å². The molecule has 0 atom stereocenters. The van der Waals surface area contributed by atoms with Crippen LogP contribution < -0.4 is 0 Å². The molecule has 1 aromatic heterocycles. The van der Waals surface area contributed by atoms with Gasteiger partial charge in [-0.2, -0.15) is 0 Å². The lowest BCUT2D eigenvalue weighted by atomic mass is 10.0. The molecular weight excluding hydrogens is 224 g/mol. The van der Waals surface area contributed by atoms with Gasteiger partial charge in [0, 0.05) is 5.56 Å². The molecule has 3 heteroatoms. The molecule has 0 amide bonds. The number of rotatable bonds is 2. The summed E-state index contributed by atoms with van der Waals surface area (Å²) in [5.74, 6) is 0.930. The van der Waals surface area contributed by atoms with Crippen molar-refractivity contribution in [3.05, 3.63) is 46.2 Å². The predicted octanol–water partition coefficient (Wildman–Crippen LogP) is 4.03. The predicted molar refractivity (Wildman–Crippen MR) is 64.0 cm³/mol. The second-order valence-electron chi connectivity index (χ2n) is 3.74. The minimum atomic E-state index is 0.310. The van der Waals surface area contributed by atoms with Gasteiger partial charge in [0.25, 0.3) is 0 Å². The summed E-state index contributed by atoms with van der Waals surface area (Å²) in [6, 6.07) is 7.24. The van der Waals surface area contributed by atoms with E-state index in [0.29, 0.717) is 22.8 Å². The number of hydrogen-bond acceptors (Lipinski definition) is 2. The molecule has 0 N–H and O–H groups in total. The number of halogens is 1. The van der Waals surface area contributed by atoms with E-state index >= 15 is 0 Å². The topological polar surface area (TPSA) is 30.2 Å². The molecule has 1 heterocycles. The highest BCUT2D eigenvalue weighted by Crippen LogP contribution is 2.31. The molecule has 0 saturated heterocycles. The second kappa shape index (κ2) is 4.14. The quantitative estimate of drug-likeness (QED) is 0.735. The van der Waals surface area contributed by atoms with Gasteiger partial charge in [-0.25, -0.2) is 0 Å². The van der Waals surface area contributed by atoms with Crippen LogP contribution in [0.25, 0.3) is 11.3 Å². The van der Waals surface area contributed by atoms with Gasteiger partial charge in [0.05, 0.1) is 5.02 Å². The summed E-state index contributed by atoms with van der Waals surface area (Å²) in [6.45, 7) is 4.02. The molecule has 0 spiro atoms. The maximum atomic E-state index is 10.5. The summed E-state index contributed by atoms with van der Waals surface area (Å²) in [4.78, 5) is 10.5. The molecule has 0 aliphatic carbocycles. The van der Waals surface area contributed by atoms with Gasteiger partial charge >= 0.3 is 0 Å². The van der Waals surface area contributed by atoms with Gasteiger partial charge < -0.3 is 4.42 Å². The molecule has 82 valence electrons. The van der Waals surface area contributed by atoms with Gasteiger partial charge in [-0.1, -0.05) is 11.6 Å². The number of benzene rings is 1. The highest BCUT2D eigenvalue weighted by molar-refractivity contribution is 6.33. The van der Waals surface area contributed by atoms with Gasteiger partial charge in [0.15, 0.2) is 12.0 Å². The van der Waals surface area contributed by atoms with Crippen molar-refractivity contribution in [1.29, 1.82) is 0 Å². The van der Waals surface area contributed by atoms with E-state index in [-0.39, 0.29) is 0 Å². The summed E-state index contributed by atoms with van der Waals surface area (Å²) in [6.07, 6.45) is 0.679. The lowest BCUT2D eigenvalue weighted by Gasteiger charge is -2.05. The molecule has 0 unspecified atom stereocenters. The van der Waals surface area contributed by atoms with Gasteiger partial charge in [-0.3, -0.25) is 4.79 Å². The Morgan fingerprint density at radius 1 is 1.19 bits per heavy atom. The van der Waals surface area contributed by atoms with Gasteiger partial charge in [0.2, 0.25) is 0 Å². The fourth-order valence-corrected chi connectivity index (χ4v) is 1.84. The van der Waals surface area contributed by atoms with Crippen LogP contribution in [0.2, 0.25) is 5.02 Å². The summed E-state index contributed by atoms with van der Waals surface area (Å²) in [5.41, 5.74) is 3.09. The largest absolute Gasteiger partial charge is 0.453 e. The smallest absolute Gasteiger partial charge is 0.185 e. The molecular formula is C13H11ClO2. The zero-order valence-electron chi connectivity index (χ0n) is 9.08. The average molecular weight is 235 g/mol. The molecule has 2 rings (SSSR count). The highest BCUT2D eigenvalue weighted by atomic mass is 35.5. The second-order valence-corrected chi connectivity index (χ2v) is 4.14. The van der Waals surface area contributed by atoms with Crippen molar-refractivity contribution < 1.29 is 9.21 Å². The van der Waals surface area contributed by atoms with Crippen LogP contribution in [0.4, 0.5) is 0 Å². The minimum absolute atomic E-state index is 0.310. The maximum absolute atomic E-state index is 10.5. The first-order valence-corrected chi connectivity index (χ1v) is 5.31. The van der Waals surface area contributed by atoms with E-state index in [2.05, 4.69) is 0 Å². The van der Waals surface area contributed by atoms with Gasteiger partial charge in [-0.05, 0) is 49.2 Å². The minimum Gasteiger partial charge on any atom is -0.453 e. The zero-order chi connectivity index (χ0) is 11.7. The Bertz CT molecular complexity index is 541. The van der Waals surface area contributed by atoms with Gasteiger partial charge in [0.1, 0.15) is 5.76 Å². The number of carbonyl (C=O) groups excluding carboxylic acids is 1. The van der Waals surface area contributed by atoms with E-state index in [4.69, 9.17) is 16.0 Å². The highest BCUT2D eigenvalue weighted by Gasteiger charge is 2.09. The zero-order valence-corrected chi connectivity index (χ0v) is 9.84. The lowest BCUT2D eigenvalue weighted by Crippen LogP contribution is -1.84. The molecule has 2 nitrogen and oxygen atoms in total. The number of aldehydes is 1. The first kappa shape index (κ1) is 11.0. The van der Waals surface area contributed by atoms with Crippen molar-refractivity contribution in [2.75, 3.05) is 0 Å². The van der Waals surface area contributed by atoms with Crippen molar-refractivity contribution >= 4 is 17.9 Å². The summed E-state index contributed by atoms with van der Waals surface area (Å²) < 4.78 is 5.34. The van der Waals surface area contributed by atoms with Crippen molar-refractivity contribution in [3.8, 4) is 11.3 Å². The Hall–Kier alpha value is -1.54. The van der Waals surface area contributed by atoms with Crippen LogP contribution in [0.3, 0.4) is 0 Å². The van der Waals surface area contributed by atoms with Crippen LogP contribution >= 0.6 is 11.6 Å². The third kappa shape index (κ3) is 1.89. The molecule has 0 bridgehead atoms. The number of furan rings is 1. The number of hydrogen-bond donors (Lipinski definition) is 0. The fraction of sp³-hybridized carbons (Fsp3) is 0.154. The van der Waals surface area contributed by atoms with E-state index in [0.717, 1.165) is 16.7 Å². The fourth-order valence-electron chi connectivity index (χ4n) is 1.53. The standard InChI is InChI=1S/C13H11ClO2/c1-8-5-11(12(14)6-9(8)2)13-4-3-10(7-15)16-13/h3-7H,1-2H3. The molecule has 0 saturated carbocycles. The Balaban J connectivity index is 2.55. The van der Waals surface area contributed by atoms with E-state index in [1.54, 1.807) is 12.1 Å². The molecule has 1 aromatic carbocycles. The van der Waals surface area contributed by atoms with Crippen LogP contribution in [0, 0.1) is 13.8 Å².